The van der Waals surface area contributed by atoms with Crippen molar-refractivity contribution in [3.63, 3.8) is 0 Å². The van der Waals surface area contributed by atoms with Crippen LogP contribution in [-0.4, -0.2) is 64.9 Å². The molecule has 0 bridgehead atoms. The van der Waals surface area contributed by atoms with Crippen molar-refractivity contribution in [2.24, 2.45) is 0 Å². The number of aliphatic hydroxyl groups is 2. The van der Waals surface area contributed by atoms with Gasteiger partial charge in [0.2, 0.25) is 0 Å². The van der Waals surface area contributed by atoms with Gasteiger partial charge in [-0.25, -0.2) is 4.79 Å². The van der Waals surface area contributed by atoms with Gasteiger partial charge in [-0.1, -0.05) is 101 Å². The molecule has 0 amide bonds. The predicted octanol–water partition coefficient (Wildman–Crippen LogP) is 5.48. The molecule has 1 unspecified atom stereocenters. The molecule has 4 atom stereocenters. The Labute approximate surface area is 293 Å². The fraction of sp³-hybridized carbons (Fsp3) is 0.395. The van der Waals surface area contributed by atoms with Gasteiger partial charge in [0.1, 0.15) is 23.7 Å². The maximum absolute atomic E-state index is 13.5. The lowest BCUT2D eigenvalue weighted by molar-refractivity contribution is -0.126. The van der Waals surface area contributed by atoms with Gasteiger partial charge in [0.25, 0.3) is 5.56 Å². The summed E-state index contributed by atoms with van der Waals surface area (Å²) in [4.78, 5) is 28.3. The third-order valence-corrected chi connectivity index (χ3v) is 17.8. The molecule has 1 aliphatic heterocycles. The van der Waals surface area contributed by atoms with E-state index in [2.05, 4.69) is 38.8 Å². The highest BCUT2D eigenvalue weighted by atomic mass is 32.1. The summed E-state index contributed by atoms with van der Waals surface area (Å²) in [5.74, 6) is 1.27. The van der Waals surface area contributed by atoms with Crippen LogP contribution in [0.5, 0.6) is 11.5 Å². The number of nitrogens with one attached hydrogen (secondary N) is 1. The lowest BCUT2D eigenvalue weighted by Crippen LogP contribution is -2.68. The Kier molecular flexibility index (Phi) is 9.74. The van der Waals surface area contributed by atoms with Crippen molar-refractivity contribution in [1.82, 2.24) is 9.55 Å². The molecule has 0 radical (unpaired) electrons. The lowest BCUT2D eigenvalue weighted by Gasteiger charge is -2.52. The Morgan fingerprint density at radius 1 is 0.939 bits per heavy atom. The van der Waals surface area contributed by atoms with Crippen molar-refractivity contribution < 1.29 is 24.4 Å². The molecule has 0 spiro atoms. The number of H-pyrrole nitrogens is 1. The Morgan fingerprint density at radius 3 is 1.88 bits per heavy atom. The molecule has 1 saturated heterocycles. The normalized spacial score (nSPS) is 22.0. The summed E-state index contributed by atoms with van der Waals surface area (Å²) in [6.45, 7) is 12.0. The third kappa shape index (κ3) is 5.81. The van der Waals surface area contributed by atoms with Crippen molar-refractivity contribution in [2.75, 3.05) is 14.2 Å². The number of nitrogens with zero attached hydrogens (tertiary/aromatic N) is 1. The van der Waals surface area contributed by atoms with Crippen molar-refractivity contribution in [3.05, 3.63) is 128 Å². The summed E-state index contributed by atoms with van der Waals surface area (Å²) < 4.78 is 19.2. The Morgan fingerprint density at radius 2 is 1.43 bits per heavy atom. The molecule has 5 rings (SSSR count). The molecular weight excluding hydrogens is 657 g/mol. The van der Waals surface area contributed by atoms with Crippen LogP contribution >= 0.6 is 12.2 Å². The van der Waals surface area contributed by atoms with Crippen molar-refractivity contribution >= 4 is 25.7 Å². The van der Waals surface area contributed by atoms with Crippen LogP contribution in [0.1, 0.15) is 49.4 Å². The minimum absolute atomic E-state index is 0.122. The topological polar surface area (TPSA) is 123 Å². The van der Waals surface area contributed by atoms with E-state index in [9.17, 15) is 19.8 Å². The maximum atomic E-state index is 13.5. The fourth-order valence-electron chi connectivity index (χ4n) is 7.16. The number of benzene rings is 3. The van der Waals surface area contributed by atoms with Gasteiger partial charge in [0.15, 0.2) is 5.72 Å². The second kappa shape index (κ2) is 13.1. The van der Waals surface area contributed by atoms with Gasteiger partial charge >= 0.3 is 5.69 Å². The summed E-state index contributed by atoms with van der Waals surface area (Å²) in [7, 11) is 0.248. The molecular formula is C38H46N2O7SSi. The summed E-state index contributed by atoms with van der Waals surface area (Å²) in [6, 6.07) is 24.6. The van der Waals surface area contributed by atoms with E-state index in [1.807, 2.05) is 78.9 Å². The van der Waals surface area contributed by atoms with Gasteiger partial charge in [-0.3, -0.25) is 14.3 Å². The molecule has 0 saturated carbocycles. The van der Waals surface area contributed by atoms with Crippen LogP contribution in [-0.2, 0) is 15.9 Å². The van der Waals surface area contributed by atoms with Crippen LogP contribution < -0.4 is 20.7 Å². The van der Waals surface area contributed by atoms with Gasteiger partial charge < -0.3 is 24.4 Å². The smallest absolute Gasteiger partial charge is 0.330 e. The summed E-state index contributed by atoms with van der Waals surface area (Å²) in [5, 5.41) is 26.0. The second-order valence-electron chi connectivity index (χ2n) is 14.5. The van der Waals surface area contributed by atoms with E-state index in [0.717, 1.165) is 16.7 Å². The molecule has 1 fully saturated rings. The SMILES string of the molecule is COc1ccc(C(c2ccccc2)(c2ccc(OC)cc2)C(O)[C@H]2O[C@@](C=S)(n3cc(C)c(=O)[nH]c3=O)C[C@@]2(O)[Si](C)(C)C(C)(C)C)cc1. The zero-order valence-corrected chi connectivity index (χ0v) is 31.1. The van der Waals surface area contributed by atoms with Crippen molar-refractivity contribution in [3.8, 4) is 11.5 Å². The average Bonchev–Trinajstić information content (AvgIpc) is 3.42. The Hall–Kier alpha value is -3.87. The van der Waals surface area contributed by atoms with Gasteiger partial charge in [0.05, 0.1) is 32.9 Å². The second-order valence-corrected chi connectivity index (χ2v) is 20.3. The van der Waals surface area contributed by atoms with E-state index in [-0.39, 0.29) is 12.0 Å². The summed E-state index contributed by atoms with van der Waals surface area (Å²) in [6.07, 6.45) is -1.45. The maximum Gasteiger partial charge on any atom is 0.330 e. The average molecular weight is 703 g/mol. The number of aryl methyl sites for hydroxylation is 1. The molecule has 11 heteroatoms. The number of aliphatic hydroxyl groups excluding tert-OH is 1. The molecule has 0 aliphatic carbocycles. The first-order chi connectivity index (χ1) is 23.0. The summed E-state index contributed by atoms with van der Waals surface area (Å²) in [5.41, 5.74) is -1.82. The lowest BCUT2D eigenvalue weighted by atomic mass is 9.64. The quantitative estimate of drug-likeness (QED) is 0.113. The number of methoxy groups -OCH3 is 2. The van der Waals surface area contributed by atoms with Gasteiger partial charge in [-0.15, -0.1) is 0 Å². The largest absolute Gasteiger partial charge is 0.497 e. The molecule has 3 N–H and O–H groups in total. The van der Waals surface area contributed by atoms with Crippen molar-refractivity contribution in [1.29, 1.82) is 0 Å². The third-order valence-electron chi connectivity index (χ3n) is 11.0. The van der Waals surface area contributed by atoms with Crippen LogP contribution in [0.2, 0.25) is 18.1 Å². The van der Waals surface area contributed by atoms with Crippen molar-refractivity contribution in [2.45, 2.75) is 80.8 Å². The monoisotopic (exact) mass is 702 g/mol. The van der Waals surface area contributed by atoms with E-state index in [0.29, 0.717) is 11.5 Å². The van der Waals surface area contributed by atoms with E-state index in [4.69, 9.17) is 26.4 Å². The molecule has 1 aliphatic rings. The first-order valence-corrected chi connectivity index (χ1v) is 19.7. The number of ether oxygens (including phenoxy) is 3. The number of aromatic nitrogens is 2. The Bertz CT molecular complexity index is 1870. The van der Waals surface area contributed by atoms with E-state index < -0.39 is 52.9 Å². The molecule has 9 nitrogen and oxygen atoms in total. The van der Waals surface area contributed by atoms with Crippen LogP contribution in [0.4, 0.5) is 0 Å². The minimum atomic E-state index is -2.94. The number of aromatic amines is 1. The number of thiocarbonyl (C=S) groups is 1. The highest BCUT2D eigenvalue weighted by molar-refractivity contribution is 7.79. The standard InChI is InChI=1S/C38H46N2O7SSi/c1-25-22-40(34(43)39-33(25)42)36(24-48)23-37(44,49(7,8)35(2,3)4)32(47-36)31(41)38(26-12-10-9-11-13-26,27-14-18-29(45-5)19-15-27)28-16-20-30(46-6)21-17-28/h9-22,24,31-32,41,44H,23H2,1-8H3,(H,39,42,43)/t31?,32-,36+,37-/m1/s1. The van der Waals surface area contributed by atoms with Crippen LogP contribution in [0.3, 0.4) is 0 Å². The van der Waals surface area contributed by atoms with E-state index in [1.54, 1.807) is 21.1 Å². The molecule has 4 aromatic rings. The van der Waals surface area contributed by atoms with Crippen LogP contribution in [0.25, 0.3) is 0 Å². The highest BCUT2D eigenvalue weighted by Gasteiger charge is 2.69. The van der Waals surface area contributed by atoms with Gasteiger partial charge in [0, 0.05) is 23.5 Å². The minimum Gasteiger partial charge on any atom is -0.497 e. The molecule has 49 heavy (non-hydrogen) atoms. The first kappa shape index (κ1) is 36.4. The molecule has 3 aromatic carbocycles. The van der Waals surface area contributed by atoms with Crippen LogP contribution in [0.15, 0.2) is 94.6 Å². The molecule has 260 valence electrons. The number of hydrogen-bond donors (Lipinski definition) is 3. The predicted molar refractivity (Wildman–Crippen MR) is 198 cm³/mol. The zero-order chi connectivity index (χ0) is 36.0. The first-order valence-electron chi connectivity index (χ1n) is 16.2. The zero-order valence-electron chi connectivity index (χ0n) is 29.3. The van der Waals surface area contributed by atoms with Gasteiger partial charge in [-0.05, 0) is 52.9 Å². The molecule has 1 aromatic heterocycles. The number of hydrogen-bond acceptors (Lipinski definition) is 8. The molecule has 2 heterocycles. The summed E-state index contributed by atoms with van der Waals surface area (Å²) >= 11 is 5.62. The Balaban J connectivity index is 1.88. The van der Waals surface area contributed by atoms with E-state index in [1.165, 1.54) is 16.1 Å². The fourth-order valence-corrected chi connectivity index (χ4v) is 10.3. The number of rotatable bonds is 10. The van der Waals surface area contributed by atoms with Gasteiger partial charge in [-0.2, -0.15) is 0 Å². The van der Waals surface area contributed by atoms with Crippen LogP contribution in [0, 0.1) is 6.92 Å². The highest BCUT2D eigenvalue weighted by Crippen LogP contribution is 2.57. The van der Waals surface area contributed by atoms with E-state index >= 15 is 0 Å².